The van der Waals surface area contributed by atoms with Crippen LogP contribution in [-0.4, -0.2) is 117 Å². The summed E-state index contributed by atoms with van der Waals surface area (Å²) in [5.74, 6) is -1.37. The molecule has 270 valence electrons. The van der Waals surface area contributed by atoms with Gasteiger partial charge in [-0.15, -0.1) is 0 Å². The van der Waals surface area contributed by atoms with E-state index in [0.717, 1.165) is 25.7 Å². The first-order valence-corrected chi connectivity index (χ1v) is 17.5. The molecule has 2 saturated heterocycles. The lowest BCUT2D eigenvalue weighted by Gasteiger charge is -2.46. The molecule has 0 amide bonds. The first kappa shape index (κ1) is 40.8. The number of hydrogen-bond donors (Lipinski definition) is 6. The smallest absolute Gasteiger partial charge is 0.306 e. The van der Waals surface area contributed by atoms with Crippen molar-refractivity contribution in [1.82, 2.24) is 0 Å². The summed E-state index contributed by atoms with van der Waals surface area (Å²) in [6.07, 6.45) is 1.98. The standard InChI is InChI=1S/C33H60O13/c1-3-5-6-7-8-9-10-11-12-13-14-15-16-17-18-19-25(37)45-31-30(44-24(36)4-2)27(39)23(21-35)43-33(31)46-32-29(41)28(40)26(38)22(20-34)42-32/h22-23,26-35,38-41H,3-21H2,1-2H3/t22-,23-,26-,27-,28+,29-,30+,31-,32-,33-/m1/s1. The van der Waals surface area contributed by atoms with Gasteiger partial charge in [-0.25, -0.2) is 0 Å². The van der Waals surface area contributed by atoms with Crippen molar-refractivity contribution in [2.75, 3.05) is 13.2 Å². The summed E-state index contributed by atoms with van der Waals surface area (Å²) in [4.78, 5) is 25.1. The molecule has 0 aromatic heterocycles. The molecule has 6 N–H and O–H groups in total. The van der Waals surface area contributed by atoms with Crippen molar-refractivity contribution in [1.29, 1.82) is 0 Å². The van der Waals surface area contributed by atoms with Gasteiger partial charge in [-0.3, -0.25) is 9.59 Å². The van der Waals surface area contributed by atoms with Crippen molar-refractivity contribution < 1.29 is 63.9 Å². The predicted octanol–water partition coefficient (Wildman–Crippen LogP) is 2.38. The Morgan fingerprint density at radius 3 is 1.50 bits per heavy atom. The molecule has 13 nitrogen and oxygen atoms in total. The molecule has 10 atom stereocenters. The monoisotopic (exact) mass is 664 g/mol. The largest absolute Gasteiger partial charge is 0.455 e. The fourth-order valence-electron chi connectivity index (χ4n) is 5.81. The molecule has 0 aromatic rings. The molecule has 0 bridgehead atoms. The highest BCUT2D eigenvalue weighted by molar-refractivity contribution is 5.70. The Balaban J connectivity index is 1.86. The zero-order valence-corrected chi connectivity index (χ0v) is 27.7. The first-order valence-electron chi connectivity index (χ1n) is 17.5. The van der Waals surface area contributed by atoms with E-state index in [4.69, 9.17) is 23.7 Å². The lowest BCUT2D eigenvalue weighted by Crippen LogP contribution is -2.65. The number of carbonyl (C=O) groups is 2. The highest BCUT2D eigenvalue weighted by atomic mass is 16.8. The third-order valence-electron chi connectivity index (χ3n) is 8.72. The second-order valence-corrected chi connectivity index (χ2v) is 12.5. The van der Waals surface area contributed by atoms with E-state index in [2.05, 4.69) is 6.92 Å². The Labute approximate surface area is 273 Å². The van der Waals surface area contributed by atoms with E-state index in [-0.39, 0.29) is 12.8 Å². The zero-order valence-electron chi connectivity index (χ0n) is 27.7. The number of hydrogen-bond acceptors (Lipinski definition) is 13. The van der Waals surface area contributed by atoms with Crippen molar-refractivity contribution in [2.45, 2.75) is 184 Å². The number of esters is 2. The molecule has 2 heterocycles. The van der Waals surface area contributed by atoms with Gasteiger partial charge >= 0.3 is 11.9 Å². The Morgan fingerprint density at radius 2 is 1.00 bits per heavy atom. The molecule has 0 aromatic carbocycles. The number of aliphatic hydroxyl groups excluding tert-OH is 6. The molecule has 0 saturated carbocycles. The van der Waals surface area contributed by atoms with E-state index in [1.54, 1.807) is 0 Å². The predicted molar refractivity (Wildman–Crippen MR) is 166 cm³/mol. The number of ether oxygens (including phenoxy) is 5. The van der Waals surface area contributed by atoms with Crippen LogP contribution < -0.4 is 0 Å². The van der Waals surface area contributed by atoms with Crippen LogP contribution in [0.4, 0.5) is 0 Å². The van der Waals surface area contributed by atoms with E-state index in [1.165, 1.54) is 71.1 Å². The Kier molecular flexibility index (Phi) is 20.4. The van der Waals surface area contributed by atoms with Gasteiger partial charge in [0.05, 0.1) is 13.2 Å². The molecular formula is C33H60O13. The first-order chi connectivity index (χ1) is 22.2. The maximum Gasteiger partial charge on any atom is 0.306 e. The van der Waals surface area contributed by atoms with E-state index in [1.807, 2.05) is 0 Å². The van der Waals surface area contributed by atoms with E-state index < -0.39 is 86.6 Å². The van der Waals surface area contributed by atoms with Crippen LogP contribution in [0.2, 0.25) is 0 Å². The average Bonchev–Trinajstić information content (AvgIpc) is 3.05. The van der Waals surface area contributed by atoms with Crippen LogP contribution in [0.1, 0.15) is 123 Å². The second kappa shape index (κ2) is 23.0. The van der Waals surface area contributed by atoms with Gasteiger partial charge in [0.2, 0.25) is 6.29 Å². The summed E-state index contributed by atoms with van der Waals surface area (Å²) in [5, 5.41) is 60.8. The van der Waals surface area contributed by atoms with Gasteiger partial charge in [0, 0.05) is 12.8 Å². The third-order valence-corrected chi connectivity index (χ3v) is 8.72. The van der Waals surface area contributed by atoms with Gasteiger partial charge in [-0.2, -0.15) is 0 Å². The third kappa shape index (κ3) is 13.6. The second-order valence-electron chi connectivity index (χ2n) is 12.5. The lowest BCUT2D eigenvalue weighted by atomic mass is 9.97. The molecule has 2 aliphatic heterocycles. The minimum Gasteiger partial charge on any atom is -0.455 e. The number of unbranched alkanes of at least 4 members (excludes halogenated alkanes) is 14. The Morgan fingerprint density at radius 1 is 0.543 bits per heavy atom. The molecule has 2 fully saturated rings. The highest BCUT2D eigenvalue weighted by Gasteiger charge is 2.53. The van der Waals surface area contributed by atoms with Crippen molar-refractivity contribution in [3.8, 4) is 0 Å². The van der Waals surface area contributed by atoms with Gasteiger partial charge in [-0.1, -0.05) is 104 Å². The number of carbonyl (C=O) groups excluding carboxylic acids is 2. The summed E-state index contributed by atoms with van der Waals surface area (Å²) >= 11 is 0. The lowest BCUT2D eigenvalue weighted by molar-refractivity contribution is -0.377. The minimum atomic E-state index is -1.80. The van der Waals surface area contributed by atoms with Crippen molar-refractivity contribution in [3.05, 3.63) is 0 Å². The zero-order chi connectivity index (χ0) is 33.9. The van der Waals surface area contributed by atoms with Gasteiger partial charge < -0.3 is 54.3 Å². The summed E-state index contributed by atoms with van der Waals surface area (Å²) in [5.41, 5.74) is 0. The van der Waals surface area contributed by atoms with E-state index >= 15 is 0 Å². The van der Waals surface area contributed by atoms with Crippen molar-refractivity contribution >= 4 is 11.9 Å². The Hall–Kier alpha value is -1.42. The molecule has 2 rings (SSSR count). The van der Waals surface area contributed by atoms with Crippen LogP contribution in [0.3, 0.4) is 0 Å². The fraction of sp³-hybridized carbons (Fsp3) is 0.939. The average molecular weight is 665 g/mol. The summed E-state index contributed by atoms with van der Waals surface area (Å²) in [7, 11) is 0. The summed E-state index contributed by atoms with van der Waals surface area (Å²) < 4.78 is 27.7. The quantitative estimate of drug-likeness (QED) is 0.0687. The van der Waals surface area contributed by atoms with Crippen LogP contribution >= 0.6 is 0 Å². The van der Waals surface area contributed by atoms with Crippen LogP contribution in [0, 0.1) is 0 Å². The van der Waals surface area contributed by atoms with Crippen LogP contribution in [0.5, 0.6) is 0 Å². The van der Waals surface area contributed by atoms with E-state index in [9.17, 15) is 40.2 Å². The highest BCUT2D eigenvalue weighted by Crippen LogP contribution is 2.31. The molecule has 2 aliphatic rings. The molecule has 0 spiro atoms. The molecular weight excluding hydrogens is 604 g/mol. The maximum atomic E-state index is 12.9. The van der Waals surface area contributed by atoms with Crippen molar-refractivity contribution in [3.63, 3.8) is 0 Å². The van der Waals surface area contributed by atoms with Gasteiger partial charge in [0.1, 0.15) is 36.6 Å². The van der Waals surface area contributed by atoms with Gasteiger partial charge in [-0.05, 0) is 6.42 Å². The number of rotatable bonds is 23. The normalized spacial score (nSPS) is 31.5. The SMILES string of the molecule is CCCCCCCCCCCCCCCCCC(=O)O[C@H]1[C@@H](O[C@H]2O[C@H](CO)[C@@H](O)[C@H](O)[C@H]2O)O[C@H](CO)[C@@H](O)[C@@H]1OC(=O)CC. The van der Waals surface area contributed by atoms with Crippen molar-refractivity contribution in [2.24, 2.45) is 0 Å². The fourth-order valence-corrected chi connectivity index (χ4v) is 5.81. The molecule has 13 heteroatoms. The number of aliphatic hydroxyl groups is 6. The van der Waals surface area contributed by atoms with Crippen LogP contribution in [0.15, 0.2) is 0 Å². The summed E-state index contributed by atoms with van der Waals surface area (Å²) in [6, 6.07) is 0. The van der Waals surface area contributed by atoms with E-state index in [0.29, 0.717) is 6.42 Å². The van der Waals surface area contributed by atoms with Gasteiger partial charge in [0.15, 0.2) is 18.5 Å². The molecule has 0 unspecified atom stereocenters. The van der Waals surface area contributed by atoms with Crippen LogP contribution in [-0.2, 0) is 33.3 Å². The maximum absolute atomic E-state index is 12.9. The Bertz CT molecular complexity index is 827. The molecule has 0 radical (unpaired) electrons. The van der Waals surface area contributed by atoms with Gasteiger partial charge in [0.25, 0.3) is 0 Å². The molecule has 46 heavy (non-hydrogen) atoms. The molecule has 0 aliphatic carbocycles. The topological polar surface area (TPSA) is 202 Å². The summed E-state index contributed by atoms with van der Waals surface area (Å²) in [6.45, 7) is 2.36. The van der Waals surface area contributed by atoms with Crippen LogP contribution in [0.25, 0.3) is 0 Å². The minimum absolute atomic E-state index is 0.0497.